The smallest absolute Gasteiger partial charge is 0.404 e. The zero-order chi connectivity index (χ0) is 29.9. The molecule has 0 radical (unpaired) electrons. The maximum Gasteiger partial charge on any atom is 0.433 e. The first kappa shape index (κ1) is 28.8. The summed E-state index contributed by atoms with van der Waals surface area (Å²) < 4.78 is 49.3. The van der Waals surface area contributed by atoms with Gasteiger partial charge in [0.15, 0.2) is 0 Å². The van der Waals surface area contributed by atoms with Crippen molar-refractivity contribution in [2.75, 3.05) is 0 Å². The maximum absolute atomic E-state index is 13.3. The van der Waals surface area contributed by atoms with Gasteiger partial charge in [0.1, 0.15) is 17.7 Å². The summed E-state index contributed by atoms with van der Waals surface area (Å²) in [5, 5.41) is 7.20. The average Bonchev–Trinajstić information content (AvgIpc) is 3.27. The molecule has 0 saturated heterocycles. The van der Waals surface area contributed by atoms with Crippen LogP contribution in [0.15, 0.2) is 79.1 Å². The van der Waals surface area contributed by atoms with E-state index in [9.17, 15) is 13.2 Å². The van der Waals surface area contributed by atoms with Crippen molar-refractivity contribution in [3.05, 3.63) is 90.5 Å². The lowest BCUT2D eigenvalue weighted by molar-refractivity contribution is -0.141. The van der Waals surface area contributed by atoms with Crippen LogP contribution in [0.1, 0.15) is 70.8 Å². The number of nitrogens with zero attached hydrogens (tertiary/aromatic N) is 4. The van der Waals surface area contributed by atoms with Crippen molar-refractivity contribution >= 4 is 18.7 Å². The summed E-state index contributed by atoms with van der Waals surface area (Å²) in [6.07, 6.45) is -1.50. The second kappa shape index (κ2) is 10.5. The van der Waals surface area contributed by atoms with Crippen molar-refractivity contribution in [1.29, 1.82) is 0 Å². The van der Waals surface area contributed by atoms with Gasteiger partial charge < -0.3 is 4.43 Å². The van der Waals surface area contributed by atoms with E-state index in [0.29, 0.717) is 23.4 Å². The first-order valence-corrected chi connectivity index (χ1v) is 16.6. The molecule has 42 heavy (non-hydrogen) atoms. The fourth-order valence-electron chi connectivity index (χ4n) is 7.12. The van der Waals surface area contributed by atoms with E-state index in [4.69, 9.17) is 9.52 Å². The summed E-state index contributed by atoms with van der Waals surface area (Å²) in [4.78, 5) is 7.53. The molecule has 0 N–H and O–H groups in total. The van der Waals surface area contributed by atoms with Gasteiger partial charge in [-0.3, -0.25) is 4.68 Å². The zero-order valence-corrected chi connectivity index (χ0v) is 25.6. The Labute approximate surface area is 246 Å². The lowest BCUT2D eigenvalue weighted by Crippen LogP contribution is -2.67. The molecule has 0 bridgehead atoms. The van der Waals surface area contributed by atoms with Crippen LogP contribution >= 0.6 is 0 Å². The van der Waals surface area contributed by atoms with E-state index in [1.54, 1.807) is 0 Å². The molecule has 0 spiro atoms. The van der Waals surface area contributed by atoms with Gasteiger partial charge in [-0.25, -0.2) is 9.97 Å². The lowest BCUT2D eigenvalue weighted by Gasteiger charge is -2.45. The number of alkyl halides is 3. The summed E-state index contributed by atoms with van der Waals surface area (Å²) in [6.45, 7) is 11.0. The molecule has 9 heteroatoms. The van der Waals surface area contributed by atoms with Crippen LogP contribution in [0, 0.1) is 11.8 Å². The minimum Gasteiger partial charge on any atom is -0.404 e. The summed E-state index contributed by atoms with van der Waals surface area (Å²) in [5.41, 5.74) is 0.763. The van der Waals surface area contributed by atoms with Gasteiger partial charge in [-0.05, 0) is 66.1 Å². The number of fused-ring (bicyclic) bond motifs is 1. The number of hydrogen-bond donors (Lipinski definition) is 0. The van der Waals surface area contributed by atoms with Crippen molar-refractivity contribution < 1.29 is 17.6 Å². The molecule has 2 fully saturated rings. The SMILES string of the molecule is CC(C)n1nc(-c2cc(C(F)(F)F)ncn2)cc1C1C2CC(O[Si](c3ccccc3)(c3ccccc3)C(C)(C)C)CC21. The maximum atomic E-state index is 13.3. The minimum atomic E-state index is -4.53. The zero-order valence-electron chi connectivity index (χ0n) is 24.6. The lowest BCUT2D eigenvalue weighted by atomic mass is 10.1. The van der Waals surface area contributed by atoms with Crippen LogP contribution in [0.4, 0.5) is 13.2 Å². The predicted octanol–water partition coefficient (Wildman–Crippen LogP) is 7.01. The predicted molar refractivity (Wildman–Crippen MR) is 160 cm³/mol. The molecule has 2 aliphatic rings. The van der Waals surface area contributed by atoms with Gasteiger partial charge in [-0.2, -0.15) is 18.3 Å². The highest BCUT2D eigenvalue weighted by atomic mass is 28.4. The van der Waals surface area contributed by atoms with Crippen LogP contribution in [0.2, 0.25) is 5.04 Å². The summed E-state index contributed by atoms with van der Waals surface area (Å²) in [7, 11) is -2.64. The van der Waals surface area contributed by atoms with Crippen LogP contribution in [-0.2, 0) is 10.6 Å². The minimum absolute atomic E-state index is 0.0724. The highest BCUT2D eigenvalue weighted by Crippen LogP contribution is 2.64. The third-order valence-corrected chi connectivity index (χ3v) is 14.1. The Kier molecular flexibility index (Phi) is 7.17. The second-order valence-electron chi connectivity index (χ2n) is 13.0. The Morgan fingerprint density at radius 1 is 0.833 bits per heavy atom. The quantitative estimate of drug-likeness (QED) is 0.217. The van der Waals surface area contributed by atoms with E-state index in [1.165, 1.54) is 10.4 Å². The van der Waals surface area contributed by atoms with Crippen LogP contribution in [0.3, 0.4) is 0 Å². The molecule has 2 saturated carbocycles. The Morgan fingerprint density at radius 3 is 1.90 bits per heavy atom. The van der Waals surface area contributed by atoms with Crippen LogP contribution < -0.4 is 10.4 Å². The van der Waals surface area contributed by atoms with Crippen molar-refractivity contribution in [3.8, 4) is 11.4 Å². The Balaban J connectivity index is 1.27. The number of rotatable bonds is 7. The van der Waals surface area contributed by atoms with Gasteiger partial charge in [0.05, 0.1) is 5.69 Å². The monoisotopic (exact) mass is 590 g/mol. The van der Waals surface area contributed by atoms with E-state index < -0.39 is 20.2 Å². The molecule has 0 amide bonds. The van der Waals surface area contributed by atoms with Gasteiger partial charge in [-0.15, -0.1) is 0 Å². The number of benzene rings is 2. The van der Waals surface area contributed by atoms with Crippen molar-refractivity contribution in [1.82, 2.24) is 19.7 Å². The molecule has 6 rings (SSSR count). The third kappa shape index (κ3) is 5.00. The summed E-state index contributed by atoms with van der Waals surface area (Å²) >= 11 is 0. The Hall–Kier alpha value is -3.30. The Bertz CT molecular complexity index is 1500. The first-order valence-electron chi connectivity index (χ1n) is 14.7. The van der Waals surface area contributed by atoms with Crippen LogP contribution in [-0.4, -0.2) is 34.2 Å². The molecule has 2 aromatic heterocycles. The van der Waals surface area contributed by atoms with Gasteiger partial charge in [-0.1, -0.05) is 81.4 Å². The van der Waals surface area contributed by atoms with Crippen molar-refractivity contribution in [3.63, 3.8) is 0 Å². The second-order valence-corrected chi connectivity index (χ2v) is 17.3. The molecular formula is C33H37F3N4OSi. The molecule has 5 nitrogen and oxygen atoms in total. The van der Waals surface area contributed by atoms with Crippen molar-refractivity contribution in [2.45, 2.75) is 76.7 Å². The summed E-state index contributed by atoms with van der Waals surface area (Å²) in [5.74, 6) is 1.24. The van der Waals surface area contributed by atoms with E-state index in [2.05, 4.69) is 105 Å². The van der Waals surface area contributed by atoms with Gasteiger partial charge >= 0.3 is 6.18 Å². The average molecular weight is 591 g/mol. The van der Waals surface area contributed by atoms with Crippen LogP contribution in [0.5, 0.6) is 0 Å². The van der Waals surface area contributed by atoms with E-state index in [0.717, 1.165) is 30.9 Å². The Morgan fingerprint density at radius 2 is 1.40 bits per heavy atom. The molecule has 2 heterocycles. The molecule has 0 aliphatic heterocycles. The summed E-state index contributed by atoms with van der Waals surface area (Å²) in [6, 6.07) is 24.4. The third-order valence-electron chi connectivity index (χ3n) is 8.98. The van der Waals surface area contributed by atoms with Crippen molar-refractivity contribution in [2.24, 2.45) is 11.8 Å². The molecule has 220 valence electrons. The molecule has 2 atom stereocenters. The molecule has 2 aliphatic carbocycles. The topological polar surface area (TPSA) is 52.8 Å². The van der Waals surface area contributed by atoms with Gasteiger partial charge in [0, 0.05) is 23.8 Å². The van der Waals surface area contributed by atoms with E-state index in [-0.39, 0.29) is 22.9 Å². The fourth-order valence-corrected chi connectivity index (χ4v) is 11.8. The highest BCUT2D eigenvalue weighted by molar-refractivity contribution is 6.99. The molecule has 2 unspecified atom stereocenters. The normalized spacial score (nSPS) is 22.4. The fraction of sp³-hybridized carbons (Fsp3) is 0.424. The first-order chi connectivity index (χ1) is 19.9. The largest absolute Gasteiger partial charge is 0.433 e. The molecule has 4 aromatic rings. The van der Waals surface area contributed by atoms with Gasteiger partial charge in [0.2, 0.25) is 0 Å². The molecular weight excluding hydrogens is 553 g/mol. The highest BCUT2D eigenvalue weighted by Gasteiger charge is 2.61. The number of hydrogen-bond acceptors (Lipinski definition) is 4. The number of aromatic nitrogens is 4. The standard InChI is InChI=1S/C33H37F3N4OSi/c1-21(2)40-29(18-28(39-40)27-19-30(33(34,35)36)38-20-37-27)31-25-16-22(17-26(25)31)41-42(32(3,4)5,23-12-8-6-9-13-23)24-14-10-7-11-15-24/h6-15,18-22,25-26,31H,16-17H2,1-5H3. The van der Waals surface area contributed by atoms with E-state index >= 15 is 0 Å². The van der Waals surface area contributed by atoms with Crippen LogP contribution in [0.25, 0.3) is 11.4 Å². The molecule has 2 aromatic carbocycles. The number of halogens is 3. The van der Waals surface area contributed by atoms with Gasteiger partial charge in [0.25, 0.3) is 8.32 Å². The van der Waals surface area contributed by atoms with E-state index in [1.807, 2.05) is 10.7 Å².